The molecule has 0 aromatic carbocycles. The first-order chi connectivity index (χ1) is 6.70. The van der Waals surface area contributed by atoms with Crippen molar-refractivity contribution in [3.63, 3.8) is 0 Å². The summed E-state index contributed by atoms with van der Waals surface area (Å²) in [5, 5.41) is 8.85. The van der Waals surface area contributed by atoms with Crippen molar-refractivity contribution in [2.24, 2.45) is 11.1 Å². The number of nitrogens with two attached hydrogens (primary N) is 1. The van der Waals surface area contributed by atoms with Gasteiger partial charge in [-0.2, -0.15) is 0 Å². The summed E-state index contributed by atoms with van der Waals surface area (Å²) in [7, 11) is 0. The first kappa shape index (κ1) is 11.5. The minimum absolute atomic E-state index is 0.0341. The van der Waals surface area contributed by atoms with E-state index >= 15 is 0 Å². The summed E-state index contributed by atoms with van der Waals surface area (Å²) >= 11 is 0. The van der Waals surface area contributed by atoms with Crippen molar-refractivity contribution < 1.29 is 9.90 Å². The molecule has 0 bridgehead atoms. The van der Waals surface area contributed by atoms with Gasteiger partial charge in [0.2, 0.25) is 5.91 Å². The molecule has 1 aliphatic carbocycles. The molecule has 1 fully saturated rings. The van der Waals surface area contributed by atoms with Crippen molar-refractivity contribution in [3.8, 4) is 0 Å². The largest absolute Gasteiger partial charge is 0.395 e. The van der Waals surface area contributed by atoms with Gasteiger partial charge in [0, 0.05) is 19.6 Å². The summed E-state index contributed by atoms with van der Waals surface area (Å²) in [6.07, 6.45) is 2.74. The minimum atomic E-state index is -0.273. The predicted molar refractivity (Wildman–Crippen MR) is 54.7 cm³/mol. The lowest BCUT2D eigenvalue weighted by Gasteiger charge is -2.25. The molecule has 1 aliphatic rings. The van der Waals surface area contributed by atoms with Gasteiger partial charge in [0.05, 0.1) is 12.0 Å². The van der Waals surface area contributed by atoms with Crippen LogP contribution in [0.4, 0.5) is 0 Å². The molecule has 14 heavy (non-hydrogen) atoms. The smallest absolute Gasteiger partial charge is 0.230 e. The van der Waals surface area contributed by atoms with Gasteiger partial charge >= 0.3 is 0 Å². The third-order valence-corrected chi connectivity index (χ3v) is 2.85. The summed E-state index contributed by atoms with van der Waals surface area (Å²) in [5.41, 5.74) is 5.32. The number of aliphatic hydroxyl groups excluding tert-OH is 1. The molecule has 1 saturated carbocycles. The van der Waals surface area contributed by atoms with Crippen LogP contribution in [0.3, 0.4) is 0 Å². The van der Waals surface area contributed by atoms with E-state index in [1.165, 1.54) is 0 Å². The second-order valence-electron chi connectivity index (χ2n) is 4.00. The number of carbonyl (C=O) groups is 1. The molecule has 0 unspecified atom stereocenters. The van der Waals surface area contributed by atoms with E-state index in [0.29, 0.717) is 13.1 Å². The fraction of sp³-hybridized carbons (Fsp3) is 0.900. The molecule has 4 heteroatoms. The molecule has 3 N–H and O–H groups in total. The Morgan fingerprint density at radius 2 is 2.14 bits per heavy atom. The fourth-order valence-electron chi connectivity index (χ4n) is 1.70. The molecule has 0 aliphatic heterocycles. The first-order valence-electron chi connectivity index (χ1n) is 5.30. The second-order valence-corrected chi connectivity index (χ2v) is 4.00. The number of rotatable bonds is 6. The van der Waals surface area contributed by atoms with Gasteiger partial charge in [-0.05, 0) is 19.3 Å². The Balaban J connectivity index is 2.54. The Bertz CT molecular complexity index is 196. The molecule has 0 saturated heterocycles. The molecular formula is C10H20N2O2. The molecule has 1 rings (SSSR count). The van der Waals surface area contributed by atoms with Crippen molar-refractivity contribution in [2.45, 2.75) is 26.2 Å². The van der Waals surface area contributed by atoms with Gasteiger partial charge in [0.25, 0.3) is 0 Å². The summed E-state index contributed by atoms with van der Waals surface area (Å²) in [6, 6.07) is 0. The van der Waals surface area contributed by atoms with E-state index in [2.05, 4.69) is 0 Å². The van der Waals surface area contributed by atoms with E-state index in [-0.39, 0.29) is 17.9 Å². The molecule has 0 spiro atoms. The Morgan fingerprint density at radius 3 is 2.50 bits per heavy atom. The maximum Gasteiger partial charge on any atom is 0.230 e. The van der Waals surface area contributed by atoms with E-state index < -0.39 is 0 Å². The highest BCUT2D eigenvalue weighted by Crippen LogP contribution is 2.46. The quantitative estimate of drug-likeness (QED) is 0.632. The Hall–Kier alpha value is -0.610. The lowest BCUT2D eigenvalue weighted by molar-refractivity contribution is -0.137. The normalized spacial score (nSPS) is 17.9. The average molecular weight is 200 g/mol. The van der Waals surface area contributed by atoms with Crippen molar-refractivity contribution in [2.75, 3.05) is 26.2 Å². The standard InChI is InChI=1S/C10H20N2O2/c1-2-5-12(6-7-13)9(14)10(8-11)3-4-10/h13H,2-8,11H2,1H3. The fourth-order valence-corrected chi connectivity index (χ4v) is 1.70. The number of hydrogen-bond donors (Lipinski definition) is 2. The van der Waals surface area contributed by atoms with Gasteiger partial charge in [-0.25, -0.2) is 0 Å². The summed E-state index contributed by atoms with van der Waals surface area (Å²) in [6.45, 7) is 3.67. The maximum absolute atomic E-state index is 12.0. The van der Waals surface area contributed by atoms with E-state index in [4.69, 9.17) is 10.8 Å². The zero-order valence-electron chi connectivity index (χ0n) is 8.83. The average Bonchev–Trinajstić information content (AvgIpc) is 2.97. The number of amides is 1. The predicted octanol–water partition coefficient (Wildman–Crippen LogP) is -0.0438. The van der Waals surface area contributed by atoms with E-state index in [9.17, 15) is 4.79 Å². The van der Waals surface area contributed by atoms with Crippen LogP contribution in [0.1, 0.15) is 26.2 Å². The van der Waals surface area contributed by atoms with Crippen LogP contribution in [0.2, 0.25) is 0 Å². The summed E-state index contributed by atoms with van der Waals surface area (Å²) < 4.78 is 0. The molecule has 0 radical (unpaired) electrons. The Labute approximate surface area is 85.1 Å². The Morgan fingerprint density at radius 1 is 1.50 bits per heavy atom. The van der Waals surface area contributed by atoms with Crippen LogP contribution in [0, 0.1) is 5.41 Å². The third kappa shape index (κ3) is 2.25. The maximum atomic E-state index is 12.0. The molecule has 0 heterocycles. The number of aliphatic hydroxyl groups is 1. The van der Waals surface area contributed by atoms with Crippen molar-refractivity contribution in [1.29, 1.82) is 0 Å². The SMILES string of the molecule is CCCN(CCO)C(=O)C1(CN)CC1. The zero-order valence-corrected chi connectivity index (χ0v) is 8.83. The highest BCUT2D eigenvalue weighted by Gasteiger charge is 2.50. The first-order valence-corrected chi connectivity index (χ1v) is 5.30. The molecule has 1 amide bonds. The monoisotopic (exact) mass is 200 g/mol. The molecule has 82 valence electrons. The van der Waals surface area contributed by atoms with Gasteiger partial charge < -0.3 is 15.7 Å². The van der Waals surface area contributed by atoms with Crippen LogP contribution in [-0.2, 0) is 4.79 Å². The topological polar surface area (TPSA) is 66.6 Å². The van der Waals surface area contributed by atoms with Crippen molar-refractivity contribution in [1.82, 2.24) is 4.90 Å². The lowest BCUT2D eigenvalue weighted by Crippen LogP contribution is -2.42. The van der Waals surface area contributed by atoms with Crippen LogP contribution in [0.5, 0.6) is 0 Å². The van der Waals surface area contributed by atoms with Crippen LogP contribution >= 0.6 is 0 Å². The highest BCUT2D eigenvalue weighted by molar-refractivity contribution is 5.85. The molecule has 0 atom stereocenters. The van der Waals surface area contributed by atoms with Gasteiger partial charge in [0.15, 0.2) is 0 Å². The summed E-state index contributed by atoms with van der Waals surface area (Å²) in [5.74, 6) is 0.135. The van der Waals surface area contributed by atoms with E-state index in [1.807, 2.05) is 6.92 Å². The second kappa shape index (κ2) is 4.75. The van der Waals surface area contributed by atoms with Crippen LogP contribution in [0.15, 0.2) is 0 Å². The molecule has 4 nitrogen and oxygen atoms in total. The summed E-state index contributed by atoms with van der Waals surface area (Å²) in [4.78, 5) is 13.7. The van der Waals surface area contributed by atoms with Crippen molar-refractivity contribution >= 4 is 5.91 Å². The van der Waals surface area contributed by atoms with Gasteiger partial charge in [-0.3, -0.25) is 4.79 Å². The number of carbonyl (C=O) groups excluding carboxylic acids is 1. The highest BCUT2D eigenvalue weighted by atomic mass is 16.3. The number of hydrogen-bond acceptors (Lipinski definition) is 3. The van der Waals surface area contributed by atoms with E-state index in [0.717, 1.165) is 25.8 Å². The Kier molecular flexibility index (Phi) is 3.89. The van der Waals surface area contributed by atoms with Gasteiger partial charge in [0.1, 0.15) is 0 Å². The van der Waals surface area contributed by atoms with Crippen LogP contribution in [0.25, 0.3) is 0 Å². The lowest BCUT2D eigenvalue weighted by atomic mass is 10.1. The molecule has 0 aromatic heterocycles. The minimum Gasteiger partial charge on any atom is -0.395 e. The third-order valence-electron chi connectivity index (χ3n) is 2.85. The zero-order chi connectivity index (χ0) is 10.6. The van der Waals surface area contributed by atoms with Crippen LogP contribution < -0.4 is 5.73 Å². The van der Waals surface area contributed by atoms with Gasteiger partial charge in [-0.1, -0.05) is 6.92 Å². The molecule has 0 aromatic rings. The van der Waals surface area contributed by atoms with Crippen LogP contribution in [-0.4, -0.2) is 42.2 Å². The number of nitrogens with zero attached hydrogens (tertiary/aromatic N) is 1. The van der Waals surface area contributed by atoms with E-state index in [1.54, 1.807) is 4.90 Å². The van der Waals surface area contributed by atoms with Gasteiger partial charge in [-0.15, -0.1) is 0 Å². The molecular weight excluding hydrogens is 180 g/mol. The van der Waals surface area contributed by atoms with Crippen molar-refractivity contribution in [3.05, 3.63) is 0 Å².